The lowest BCUT2D eigenvalue weighted by Crippen LogP contribution is -2.28. The van der Waals surface area contributed by atoms with Crippen LogP contribution in [0, 0.1) is 0 Å². The van der Waals surface area contributed by atoms with Gasteiger partial charge in [0.1, 0.15) is 0 Å². The lowest BCUT2D eigenvalue weighted by atomic mass is 10.2. The molecule has 0 spiro atoms. The molecule has 0 atom stereocenters. The molecule has 1 aliphatic heterocycles. The molecule has 2 N–H and O–H groups in total. The van der Waals surface area contributed by atoms with E-state index in [-0.39, 0.29) is 0 Å². The normalized spacial score (nSPS) is 17.1. The fourth-order valence-corrected chi connectivity index (χ4v) is 2.11. The standard InChI is InChI=1S/C12H16N4O/c1-3-13-4-6-16(5-1)12-8-11(14-15-12)10-2-7-17-9-10/h2,7-9,13H,1,3-6H2,(H,14,15). The Morgan fingerprint density at radius 3 is 3.18 bits per heavy atom. The lowest BCUT2D eigenvalue weighted by molar-refractivity contribution is 0.568. The molecule has 2 aromatic heterocycles. The van der Waals surface area contributed by atoms with Crippen molar-refractivity contribution in [1.29, 1.82) is 0 Å². The summed E-state index contributed by atoms with van der Waals surface area (Å²) in [6.45, 7) is 4.18. The van der Waals surface area contributed by atoms with Gasteiger partial charge in [-0.2, -0.15) is 5.10 Å². The van der Waals surface area contributed by atoms with Crippen molar-refractivity contribution in [1.82, 2.24) is 15.5 Å². The molecule has 5 heteroatoms. The smallest absolute Gasteiger partial charge is 0.151 e. The Bertz CT molecular complexity index is 455. The molecule has 0 radical (unpaired) electrons. The first-order chi connectivity index (χ1) is 8.43. The van der Waals surface area contributed by atoms with Crippen molar-refractivity contribution in [3.63, 3.8) is 0 Å². The Morgan fingerprint density at radius 2 is 2.29 bits per heavy atom. The third-order valence-corrected chi connectivity index (χ3v) is 3.06. The fourth-order valence-electron chi connectivity index (χ4n) is 2.11. The molecule has 0 amide bonds. The van der Waals surface area contributed by atoms with E-state index in [4.69, 9.17) is 4.42 Å². The third kappa shape index (κ3) is 2.19. The molecule has 0 aliphatic carbocycles. The van der Waals surface area contributed by atoms with E-state index < -0.39 is 0 Å². The van der Waals surface area contributed by atoms with Crippen molar-refractivity contribution in [2.75, 3.05) is 31.1 Å². The first-order valence-electron chi connectivity index (χ1n) is 5.97. The monoisotopic (exact) mass is 232 g/mol. The van der Waals surface area contributed by atoms with Crippen LogP contribution in [0.5, 0.6) is 0 Å². The number of furan rings is 1. The van der Waals surface area contributed by atoms with Crippen molar-refractivity contribution in [2.24, 2.45) is 0 Å². The van der Waals surface area contributed by atoms with E-state index in [1.165, 1.54) is 0 Å². The summed E-state index contributed by atoms with van der Waals surface area (Å²) in [5.41, 5.74) is 2.04. The van der Waals surface area contributed by atoms with Crippen molar-refractivity contribution >= 4 is 5.82 Å². The van der Waals surface area contributed by atoms with E-state index in [0.29, 0.717) is 0 Å². The zero-order chi connectivity index (χ0) is 11.5. The van der Waals surface area contributed by atoms with E-state index in [9.17, 15) is 0 Å². The largest absolute Gasteiger partial charge is 0.472 e. The summed E-state index contributed by atoms with van der Waals surface area (Å²) in [6.07, 6.45) is 4.56. The Labute approximate surface area is 99.8 Å². The molecule has 5 nitrogen and oxygen atoms in total. The van der Waals surface area contributed by atoms with Gasteiger partial charge in [-0.15, -0.1) is 0 Å². The second-order valence-corrected chi connectivity index (χ2v) is 4.24. The van der Waals surface area contributed by atoms with Crippen LogP contribution in [0.25, 0.3) is 11.3 Å². The number of anilines is 1. The summed E-state index contributed by atoms with van der Waals surface area (Å²) in [7, 11) is 0. The van der Waals surface area contributed by atoms with Crippen LogP contribution in [0.2, 0.25) is 0 Å². The van der Waals surface area contributed by atoms with Crippen LogP contribution in [0.3, 0.4) is 0 Å². The maximum absolute atomic E-state index is 5.07. The van der Waals surface area contributed by atoms with Crippen molar-refractivity contribution in [3.05, 3.63) is 24.7 Å². The number of nitrogens with zero attached hydrogens (tertiary/aromatic N) is 2. The molecule has 2 aromatic rings. The van der Waals surface area contributed by atoms with Gasteiger partial charge in [0, 0.05) is 31.3 Å². The third-order valence-electron chi connectivity index (χ3n) is 3.06. The summed E-state index contributed by atoms with van der Waals surface area (Å²) >= 11 is 0. The number of hydrogen-bond acceptors (Lipinski definition) is 4. The zero-order valence-electron chi connectivity index (χ0n) is 9.65. The van der Waals surface area contributed by atoms with Crippen LogP contribution in [-0.2, 0) is 0 Å². The van der Waals surface area contributed by atoms with Crippen molar-refractivity contribution < 1.29 is 4.42 Å². The summed E-state index contributed by atoms with van der Waals surface area (Å²) in [6, 6.07) is 4.01. The lowest BCUT2D eigenvalue weighted by Gasteiger charge is -2.18. The van der Waals surface area contributed by atoms with E-state index in [0.717, 1.165) is 49.7 Å². The Kier molecular flexibility index (Phi) is 2.83. The molecule has 0 unspecified atom stereocenters. The fraction of sp³-hybridized carbons (Fsp3) is 0.417. The molecule has 17 heavy (non-hydrogen) atoms. The molecular formula is C12H16N4O. The van der Waals surface area contributed by atoms with Gasteiger partial charge >= 0.3 is 0 Å². The van der Waals surface area contributed by atoms with E-state index in [2.05, 4.69) is 26.5 Å². The summed E-state index contributed by atoms with van der Waals surface area (Å²) in [4.78, 5) is 2.31. The Hall–Kier alpha value is -1.75. The van der Waals surface area contributed by atoms with Gasteiger partial charge in [0.2, 0.25) is 0 Å². The van der Waals surface area contributed by atoms with Crippen molar-refractivity contribution in [3.8, 4) is 11.3 Å². The van der Waals surface area contributed by atoms with Gasteiger partial charge in [-0.1, -0.05) is 0 Å². The van der Waals surface area contributed by atoms with Crippen LogP contribution >= 0.6 is 0 Å². The number of nitrogens with one attached hydrogen (secondary N) is 2. The highest BCUT2D eigenvalue weighted by atomic mass is 16.3. The van der Waals surface area contributed by atoms with Gasteiger partial charge in [-0.05, 0) is 19.0 Å². The summed E-state index contributed by atoms with van der Waals surface area (Å²) < 4.78 is 5.07. The number of aromatic nitrogens is 2. The maximum atomic E-state index is 5.07. The van der Waals surface area contributed by atoms with Crippen LogP contribution < -0.4 is 10.2 Å². The molecule has 1 aliphatic rings. The average Bonchev–Trinajstić information content (AvgIpc) is 2.95. The molecular weight excluding hydrogens is 216 g/mol. The second kappa shape index (κ2) is 4.63. The number of hydrogen-bond donors (Lipinski definition) is 2. The van der Waals surface area contributed by atoms with E-state index in [1.807, 2.05) is 6.07 Å². The van der Waals surface area contributed by atoms with Crippen LogP contribution in [0.15, 0.2) is 29.1 Å². The Balaban J connectivity index is 1.79. The highest BCUT2D eigenvalue weighted by molar-refractivity contribution is 5.61. The molecule has 90 valence electrons. The quantitative estimate of drug-likeness (QED) is 0.823. The number of aromatic amines is 1. The predicted octanol–water partition coefficient (Wildman–Crippen LogP) is 1.47. The van der Waals surface area contributed by atoms with Gasteiger partial charge in [0.25, 0.3) is 0 Å². The van der Waals surface area contributed by atoms with Crippen LogP contribution in [0.4, 0.5) is 5.82 Å². The molecule has 3 heterocycles. The summed E-state index contributed by atoms with van der Waals surface area (Å²) in [5.74, 6) is 1.02. The molecule has 0 saturated carbocycles. The molecule has 3 rings (SSSR count). The topological polar surface area (TPSA) is 57.1 Å². The van der Waals surface area contributed by atoms with Gasteiger partial charge in [-0.25, -0.2) is 0 Å². The number of rotatable bonds is 2. The minimum absolute atomic E-state index is 1.01. The van der Waals surface area contributed by atoms with Gasteiger partial charge in [0.05, 0.1) is 18.2 Å². The molecule has 1 fully saturated rings. The highest BCUT2D eigenvalue weighted by Crippen LogP contribution is 2.22. The van der Waals surface area contributed by atoms with Crippen LogP contribution in [0.1, 0.15) is 6.42 Å². The summed E-state index contributed by atoms with van der Waals surface area (Å²) in [5, 5.41) is 10.8. The van der Waals surface area contributed by atoms with E-state index >= 15 is 0 Å². The van der Waals surface area contributed by atoms with Gasteiger partial charge in [0.15, 0.2) is 5.82 Å². The Morgan fingerprint density at radius 1 is 1.29 bits per heavy atom. The first kappa shape index (κ1) is 10.4. The predicted molar refractivity (Wildman–Crippen MR) is 66.0 cm³/mol. The molecule has 0 bridgehead atoms. The second-order valence-electron chi connectivity index (χ2n) is 4.24. The van der Waals surface area contributed by atoms with Crippen LogP contribution in [-0.4, -0.2) is 36.4 Å². The van der Waals surface area contributed by atoms with E-state index in [1.54, 1.807) is 12.5 Å². The average molecular weight is 232 g/mol. The first-order valence-corrected chi connectivity index (χ1v) is 5.97. The SMILES string of the molecule is c1cc(-c2cc(N3CCCNCC3)n[nH]2)co1. The maximum Gasteiger partial charge on any atom is 0.151 e. The van der Waals surface area contributed by atoms with Gasteiger partial charge in [-0.3, -0.25) is 5.10 Å². The highest BCUT2D eigenvalue weighted by Gasteiger charge is 2.13. The number of H-pyrrole nitrogens is 1. The molecule has 0 aromatic carbocycles. The van der Waals surface area contributed by atoms with Crippen molar-refractivity contribution in [2.45, 2.75) is 6.42 Å². The minimum atomic E-state index is 1.01. The minimum Gasteiger partial charge on any atom is -0.472 e. The zero-order valence-corrected chi connectivity index (χ0v) is 9.65. The molecule has 1 saturated heterocycles. The van der Waals surface area contributed by atoms with Gasteiger partial charge < -0.3 is 14.6 Å².